The zero-order chi connectivity index (χ0) is 16.9. The lowest BCUT2D eigenvalue weighted by atomic mass is 10.2. The van der Waals surface area contributed by atoms with E-state index in [4.69, 9.17) is 4.74 Å². The molecule has 7 heteroatoms. The summed E-state index contributed by atoms with van der Waals surface area (Å²) in [7, 11) is 1.58. The average Bonchev–Trinajstić information content (AvgIpc) is 3.15. The summed E-state index contributed by atoms with van der Waals surface area (Å²) >= 11 is 0. The van der Waals surface area contributed by atoms with Gasteiger partial charge >= 0.3 is 0 Å². The Morgan fingerprint density at radius 2 is 2.08 bits per heavy atom. The third-order valence-electron chi connectivity index (χ3n) is 4.14. The fraction of sp³-hybridized carbons (Fsp3) is 0.412. The summed E-state index contributed by atoms with van der Waals surface area (Å²) in [5, 5.41) is 8.08. The Balaban J connectivity index is 1.70. The van der Waals surface area contributed by atoms with Crippen LogP contribution in [-0.2, 0) is 11.2 Å². The number of aromatic nitrogens is 3. The average molecular weight is 328 g/mol. The van der Waals surface area contributed by atoms with Crippen molar-refractivity contribution in [3.05, 3.63) is 40.3 Å². The predicted octanol–water partition coefficient (Wildman–Crippen LogP) is 1.40. The monoisotopic (exact) mass is 328 g/mol. The van der Waals surface area contributed by atoms with Gasteiger partial charge in [-0.2, -0.15) is 0 Å². The summed E-state index contributed by atoms with van der Waals surface area (Å²) in [6, 6.07) is 7.22. The van der Waals surface area contributed by atoms with E-state index in [2.05, 4.69) is 15.2 Å². The molecule has 24 heavy (non-hydrogen) atoms. The van der Waals surface area contributed by atoms with E-state index in [0.29, 0.717) is 18.0 Å². The van der Waals surface area contributed by atoms with E-state index in [-0.39, 0.29) is 23.6 Å². The number of nitrogens with zero attached hydrogens (tertiary/aromatic N) is 3. The molecule has 1 saturated heterocycles. The summed E-state index contributed by atoms with van der Waals surface area (Å²) in [4.78, 5) is 28.8. The molecule has 0 spiro atoms. The van der Waals surface area contributed by atoms with Gasteiger partial charge in [-0.3, -0.25) is 9.59 Å². The van der Waals surface area contributed by atoms with Gasteiger partial charge in [-0.15, -0.1) is 10.2 Å². The van der Waals surface area contributed by atoms with Gasteiger partial charge in [0, 0.05) is 31.5 Å². The van der Waals surface area contributed by atoms with Crippen molar-refractivity contribution in [2.24, 2.45) is 0 Å². The SMILES string of the molecule is COc1cccc(-c2nnc(CCC(=O)N3CCCC3)c(=O)[nH]2)c1. The third kappa shape index (κ3) is 3.61. The zero-order valence-corrected chi connectivity index (χ0v) is 13.6. The number of likely N-dealkylation sites (tertiary alicyclic amines) is 1. The quantitative estimate of drug-likeness (QED) is 0.896. The minimum atomic E-state index is -0.308. The first kappa shape index (κ1) is 16.2. The van der Waals surface area contributed by atoms with Crippen molar-refractivity contribution in [2.45, 2.75) is 25.7 Å². The van der Waals surface area contributed by atoms with E-state index in [1.807, 2.05) is 23.1 Å². The van der Waals surface area contributed by atoms with Crippen molar-refractivity contribution in [1.29, 1.82) is 0 Å². The number of hydrogen-bond acceptors (Lipinski definition) is 5. The van der Waals surface area contributed by atoms with Crippen LogP contribution in [0.4, 0.5) is 0 Å². The normalized spacial score (nSPS) is 14.0. The Morgan fingerprint density at radius 3 is 2.79 bits per heavy atom. The van der Waals surface area contributed by atoms with Gasteiger partial charge in [-0.1, -0.05) is 12.1 Å². The van der Waals surface area contributed by atoms with Gasteiger partial charge in [-0.25, -0.2) is 0 Å². The molecule has 1 aliphatic rings. The van der Waals surface area contributed by atoms with Gasteiger partial charge in [0.05, 0.1) is 7.11 Å². The van der Waals surface area contributed by atoms with Crippen LogP contribution in [-0.4, -0.2) is 46.2 Å². The van der Waals surface area contributed by atoms with E-state index in [9.17, 15) is 9.59 Å². The molecule has 126 valence electrons. The summed E-state index contributed by atoms with van der Waals surface area (Å²) in [5.74, 6) is 1.13. The van der Waals surface area contributed by atoms with Crippen LogP contribution in [0.1, 0.15) is 25.0 Å². The highest BCUT2D eigenvalue weighted by Gasteiger charge is 2.18. The molecule has 1 aromatic carbocycles. The molecule has 1 aromatic heterocycles. The van der Waals surface area contributed by atoms with Gasteiger partial charge < -0.3 is 14.6 Å². The molecular formula is C17H20N4O3. The molecule has 0 radical (unpaired) electrons. The Labute approximate surface area is 139 Å². The molecule has 1 fully saturated rings. The van der Waals surface area contributed by atoms with E-state index in [0.717, 1.165) is 31.5 Å². The van der Waals surface area contributed by atoms with Gasteiger partial charge in [0.15, 0.2) is 5.82 Å². The number of carbonyl (C=O) groups excluding carboxylic acids is 1. The number of rotatable bonds is 5. The predicted molar refractivity (Wildman–Crippen MR) is 88.8 cm³/mol. The summed E-state index contributed by atoms with van der Waals surface area (Å²) in [5.41, 5.74) is 0.699. The second-order valence-corrected chi connectivity index (χ2v) is 5.77. The number of aryl methyl sites for hydroxylation is 1. The number of benzene rings is 1. The molecular weight excluding hydrogens is 308 g/mol. The Bertz CT molecular complexity index is 781. The molecule has 1 N–H and O–H groups in total. The molecule has 1 amide bonds. The van der Waals surface area contributed by atoms with Crippen LogP contribution in [0.2, 0.25) is 0 Å². The summed E-state index contributed by atoms with van der Waals surface area (Å²) < 4.78 is 5.16. The van der Waals surface area contributed by atoms with Crippen LogP contribution in [0.3, 0.4) is 0 Å². The number of methoxy groups -OCH3 is 1. The molecule has 2 aromatic rings. The number of carbonyl (C=O) groups is 1. The first-order chi connectivity index (χ1) is 11.7. The molecule has 2 heterocycles. The van der Waals surface area contributed by atoms with Gasteiger partial charge in [0.25, 0.3) is 5.56 Å². The Morgan fingerprint density at radius 1 is 1.29 bits per heavy atom. The molecule has 0 unspecified atom stereocenters. The number of hydrogen-bond donors (Lipinski definition) is 1. The lowest BCUT2D eigenvalue weighted by Crippen LogP contribution is -2.28. The fourth-order valence-corrected chi connectivity index (χ4v) is 2.77. The van der Waals surface area contributed by atoms with Crippen LogP contribution in [0.15, 0.2) is 29.1 Å². The molecule has 0 atom stereocenters. The first-order valence-corrected chi connectivity index (χ1v) is 8.05. The lowest BCUT2D eigenvalue weighted by Gasteiger charge is -2.14. The highest BCUT2D eigenvalue weighted by atomic mass is 16.5. The molecule has 7 nitrogen and oxygen atoms in total. The Kier molecular flexibility index (Phi) is 4.88. The standard InChI is InChI=1S/C17H20N4O3/c1-24-13-6-4-5-12(11-13)16-18-17(23)14(19-20-16)7-8-15(22)21-9-2-3-10-21/h4-6,11H,2-3,7-10H2,1H3,(H,18,20,23). The van der Waals surface area contributed by atoms with E-state index >= 15 is 0 Å². The number of ether oxygens (including phenoxy) is 1. The minimum absolute atomic E-state index is 0.0746. The molecule has 3 rings (SSSR count). The van der Waals surface area contributed by atoms with E-state index in [1.54, 1.807) is 13.2 Å². The van der Waals surface area contributed by atoms with Crippen molar-refractivity contribution < 1.29 is 9.53 Å². The van der Waals surface area contributed by atoms with Gasteiger partial charge in [0.1, 0.15) is 11.4 Å². The maximum absolute atomic E-state index is 12.2. The molecule has 0 aliphatic carbocycles. The first-order valence-electron chi connectivity index (χ1n) is 8.05. The van der Waals surface area contributed by atoms with Crippen molar-refractivity contribution in [2.75, 3.05) is 20.2 Å². The zero-order valence-electron chi connectivity index (χ0n) is 13.6. The van der Waals surface area contributed by atoms with Gasteiger partial charge in [0.2, 0.25) is 5.91 Å². The van der Waals surface area contributed by atoms with Crippen molar-refractivity contribution in [3.63, 3.8) is 0 Å². The largest absolute Gasteiger partial charge is 0.497 e. The van der Waals surface area contributed by atoms with Crippen LogP contribution in [0.5, 0.6) is 5.75 Å². The fourth-order valence-electron chi connectivity index (χ4n) is 2.77. The number of aromatic amines is 1. The van der Waals surface area contributed by atoms with Gasteiger partial charge in [-0.05, 0) is 25.0 Å². The molecule has 0 saturated carbocycles. The number of H-pyrrole nitrogens is 1. The topological polar surface area (TPSA) is 88.2 Å². The maximum atomic E-state index is 12.2. The maximum Gasteiger partial charge on any atom is 0.273 e. The van der Waals surface area contributed by atoms with Crippen LogP contribution < -0.4 is 10.3 Å². The van der Waals surface area contributed by atoms with Crippen molar-refractivity contribution >= 4 is 5.91 Å². The third-order valence-corrected chi connectivity index (χ3v) is 4.14. The second kappa shape index (κ2) is 7.25. The van der Waals surface area contributed by atoms with Crippen LogP contribution in [0.25, 0.3) is 11.4 Å². The smallest absolute Gasteiger partial charge is 0.273 e. The summed E-state index contributed by atoms with van der Waals surface area (Å²) in [6.07, 6.45) is 2.70. The number of amides is 1. The lowest BCUT2D eigenvalue weighted by molar-refractivity contribution is -0.130. The highest BCUT2D eigenvalue weighted by Crippen LogP contribution is 2.19. The van der Waals surface area contributed by atoms with Crippen LogP contribution in [0, 0.1) is 0 Å². The second-order valence-electron chi connectivity index (χ2n) is 5.77. The number of nitrogens with one attached hydrogen (secondary N) is 1. The summed E-state index contributed by atoms with van der Waals surface area (Å²) in [6.45, 7) is 1.63. The van der Waals surface area contributed by atoms with Crippen molar-refractivity contribution in [3.8, 4) is 17.1 Å². The highest BCUT2D eigenvalue weighted by molar-refractivity contribution is 5.76. The minimum Gasteiger partial charge on any atom is -0.497 e. The molecule has 0 bridgehead atoms. The van der Waals surface area contributed by atoms with E-state index in [1.165, 1.54) is 0 Å². The Hall–Kier alpha value is -2.70. The molecule has 1 aliphatic heterocycles. The van der Waals surface area contributed by atoms with E-state index < -0.39 is 0 Å². The van der Waals surface area contributed by atoms with Crippen molar-refractivity contribution in [1.82, 2.24) is 20.1 Å². The van der Waals surface area contributed by atoms with Crippen LogP contribution >= 0.6 is 0 Å².